The topological polar surface area (TPSA) is 25.8 Å². The molecule has 0 aliphatic heterocycles. The fourth-order valence-corrected chi connectivity index (χ4v) is 3.19. The van der Waals surface area contributed by atoms with E-state index in [4.69, 9.17) is 23.2 Å². The number of aromatic nitrogens is 2. The van der Waals surface area contributed by atoms with E-state index in [1.807, 2.05) is 5.38 Å². The van der Waals surface area contributed by atoms with Crippen molar-refractivity contribution < 1.29 is 8.78 Å². The third-order valence-electron chi connectivity index (χ3n) is 3.15. The van der Waals surface area contributed by atoms with Gasteiger partial charge < -0.3 is 0 Å². The van der Waals surface area contributed by atoms with Gasteiger partial charge in [-0.15, -0.1) is 16.4 Å². The van der Waals surface area contributed by atoms with E-state index in [-0.39, 0.29) is 10.7 Å². The van der Waals surface area contributed by atoms with E-state index in [1.165, 1.54) is 18.3 Å². The van der Waals surface area contributed by atoms with Gasteiger partial charge in [-0.2, -0.15) is 5.10 Å². The smallest absolute Gasteiger partial charge is 0.159 e. The second kappa shape index (κ2) is 7.34. The molecule has 2 aromatic rings. The van der Waals surface area contributed by atoms with E-state index in [1.54, 1.807) is 13.0 Å². The lowest BCUT2D eigenvalue weighted by Gasteiger charge is -2.12. The number of hydrogen-bond acceptors (Lipinski definition) is 3. The third kappa shape index (κ3) is 3.86. The Morgan fingerprint density at radius 2 is 2.00 bits per heavy atom. The number of allylic oxidation sites excluding steroid dienone is 5. The number of nitrogens with zero attached hydrogens (tertiary/aromatic N) is 2. The number of hydrogen-bond donors (Lipinski definition) is 0. The van der Waals surface area contributed by atoms with Crippen molar-refractivity contribution >= 4 is 40.1 Å². The van der Waals surface area contributed by atoms with Crippen LogP contribution in [0.1, 0.15) is 18.2 Å². The summed E-state index contributed by atoms with van der Waals surface area (Å²) < 4.78 is 28.2. The van der Waals surface area contributed by atoms with Crippen LogP contribution in [0.5, 0.6) is 0 Å². The maximum Gasteiger partial charge on any atom is 0.159 e. The van der Waals surface area contributed by atoms with E-state index in [9.17, 15) is 8.78 Å². The molecule has 0 fully saturated rings. The molecule has 0 unspecified atom stereocenters. The zero-order chi connectivity index (χ0) is 17.1. The summed E-state index contributed by atoms with van der Waals surface area (Å²) in [6.07, 6.45) is 1.67. The summed E-state index contributed by atoms with van der Waals surface area (Å²) in [4.78, 5) is 0. The fraction of sp³-hybridized carbons (Fsp3) is 0.125. The standard InChI is InChI=1S/C16H12Cl2F2N2S/c1-4-11(19)6-12(20)8(2)14-15(9(3)21-22-16(14)18)10-5-13(17)23-7-10/h4-7H,1H2,2-3H3/b11-6+,12-8-. The first kappa shape index (κ1) is 17.8. The molecule has 0 amide bonds. The van der Waals surface area contributed by atoms with Crippen LogP contribution in [0, 0.1) is 6.92 Å². The molecule has 120 valence electrons. The Balaban J connectivity index is 2.74. The third-order valence-corrected chi connectivity index (χ3v) is 4.51. The van der Waals surface area contributed by atoms with Crippen LogP contribution in [-0.2, 0) is 0 Å². The summed E-state index contributed by atoms with van der Waals surface area (Å²) in [5.41, 5.74) is 2.46. The molecule has 2 rings (SSSR count). The molecule has 0 spiro atoms. The SMILES string of the molecule is C=C/C(F)=C\C(F)=C(/C)c1c(Cl)nnc(C)c1-c1csc(Cl)c1. The number of thiophene rings is 1. The van der Waals surface area contributed by atoms with Gasteiger partial charge in [-0.05, 0) is 37.1 Å². The molecule has 23 heavy (non-hydrogen) atoms. The Morgan fingerprint density at radius 1 is 1.30 bits per heavy atom. The summed E-state index contributed by atoms with van der Waals surface area (Å²) >= 11 is 13.4. The second-order valence-corrected chi connectivity index (χ2v) is 6.57. The van der Waals surface area contributed by atoms with Gasteiger partial charge in [-0.25, -0.2) is 8.78 Å². The molecule has 2 nitrogen and oxygen atoms in total. The Kier molecular flexibility index (Phi) is 5.68. The van der Waals surface area contributed by atoms with Crippen LogP contribution in [0.25, 0.3) is 16.7 Å². The summed E-state index contributed by atoms with van der Waals surface area (Å²) in [6.45, 7) is 6.49. The molecule has 7 heteroatoms. The molecule has 0 saturated heterocycles. The number of rotatable bonds is 4. The summed E-state index contributed by atoms with van der Waals surface area (Å²) in [5.74, 6) is -1.55. The van der Waals surface area contributed by atoms with E-state index in [0.29, 0.717) is 21.2 Å². The van der Waals surface area contributed by atoms with Crippen LogP contribution in [0.2, 0.25) is 9.49 Å². The van der Waals surface area contributed by atoms with E-state index in [2.05, 4.69) is 16.8 Å². The lowest BCUT2D eigenvalue weighted by Crippen LogP contribution is -1.99. The van der Waals surface area contributed by atoms with Crippen molar-refractivity contribution in [3.63, 3.8) is 0 Å². The highest BCUT2D eigenvalue weighted by Gasteiger charge is 2.19. The van der Waals surface area contributed by atoms with Gasteiger partial charge in [0, 0.05) is 22.6 Å². The average molecular weight is 373 g/mol. The summed E-state index contributed by atoms with van der Waals surface area (Å²) in [6, 6.07) is 1.74. The van der Waals surface area contributed by atoms with Crippen LogP contribution in [0.4, 0.5) is 8.78 Å². The van der Waals surface area contributed by atoms with Gasteiger partial charge in [0.15, 0.2) is 5.15 Å². The number of halogens is 4. The Hall–Kier alpha value is -1.56. The van der Waals surface area contributed by atoms with Crippen molar-refractivity contribution in [2.45, 2.75) is 13.8 Å². The molecule has 0 bridgehead atoms. The Morgan fingerprint density at radius 3 is 2.57 bits per heavy atom. The van der Waals surface area contributed by atoms with Crippen LogP contribution in [0.15, 0.2) is 41.8 Å². The Bertz CT molecular complexity index is 825. The lowest BCUT2D eigenvalue weighted by molar-refractivity contribution is 0.632. The highest BCUT2D eigenvalue weighted by Crippen LogP contribution is 2.39. The monoisotopic (exact) mass is 372 g/mol. The maximum absolute atomic E-state index is 14.3. The van der Waals surface area contributed by atoms with E-state index in [0.717, 1.165) is 17.7 Å². The molecule has 0 aliphatic rings. The van der Waals surface area contributed by atoms with Crippen molar-refractivity contribution in [2.75, 3.05) is 0 Å². The van der Waals surface area contributed by atoms with Gasteiger partial charge in [0.2, 0.25) is 0 Å². The minimum atomic E-state index is -0.781. The van der Waals surface area contributed by atoms with Gasteiger partial charge in [-0.3, -0.25) is 0 Å². The highest BCUT2D eigenvalue weighted by atomic mass is 35.5. The molecule has 0 saturated carbocycles. The summed E-state index contributed by atoms with van der Waals surface area (Å²) in [5, 5.41) is 9.65. The summed E-state index contributed by atoms with van der Waals surface area (Å²) in [7, 11) is 0. The maximum atomic E-state index is 14.3. The minimum absolute atomic E-state index is 0.0352. The Labute approximate surface area is 146 Å². The van der Waals surface area contributed by atoms with E-state index < -0.39 is 11.7 Å². The van der Waals surface area contributed by atoms with Gasteiger partial charge >= 0.3 is 0 Å². The van der Waals surface area contributed by atoms with Gasteiger partial charge in [0.25, 0.3) is 0 Å². The van der Waals surface area contributed by atoms with E-state index >= 15 is 0 Å². The van der Waals surface area contributed by atoms with Gasteiger partial charge in [0.05, 0.1) is 10.0 Å². The predicted octanol–water partition coefficient (Wildman–Crippen LogP) is 6.56. The molecule has 0 radical (unpaired) electrons. The molecule has 0 aromatic carbocycles. The zero-order valence-electron chi connectivity index (χ0n) is 12.3. The normalized spacial score (nSPS) is 13.0. The first-order valence-electron chi connectivity index (χ1n) is 6.48. The molecule has 2 aromatic heterocycles. The van der Waals surface area contributed by atoms with Gasteiger partial charge in [0.1, 0.15) is 11.7 Å². The predicted molar refractivity (Wildman–Crippen MR) is 93.2 cm³/mol. The molecule has 0 aliphatic carbocycles. The van der Waals surface area contributed by atoms with Crippen molar-refractivity contribution in [3.05, 3.63) is 62.6 Å². The lowest BCUT2D eigenvalue weighted by atomic mass is 9.97. The highest BCUT2D eigenvalue weighted by molar-refractivity contribution is 7.14. The molecule has 0 N–H and O–H groups in total. The first-order chi connectivity index (χ1) is 10.8. The van der Waals surface area contributed by atoms with Crippen molar-refractivity contribution in [1.29, 1.82) is 0 Å². The van der Waals surface area contributed by atoms with Crippen LogP contribution in [-0.4, -0.2) is 10.2 Å². The first-order valence-corrected chi connectivity index (χ1v) is 8.12. The fourth-order valence-electron chi connectivity index (χ4n) is 2.05. The average Bonchev–Trinajstić information content (AvgIpc) is 2.94. The van der Waals surface area contributed by atoms with Crippen molar-refractivity contribution in [1.82, 2.24) is 10.2 Å². The van der Waals surface area contributed by atoms with Crippen LogP contribution in [0.3, 0.4) is 0 Å². The van der Waals surface area contributed by atoms with Crippen molar-refractivity contribution in [3.8, 4) is 11.1 Å². The second-order valence-electron chi connectivity index (χ2n) is 4.67. The zero-order valence-corrected chi connectivity index (χ0v) is 14.7. The number of aryl methyl sites for hydroxylation is 1. The quantitative estimate of drug-likeness (QED) is 0.567. The largest absolute Gasteiger partial charge is 0.207 e. The van der Waals surface area contributed by atoms with Crippen molar-refractivity contribution in [2.24, 2.45) is 0 Å². The molecular weight excluding hydrogens is 361 g/mol. The van der Waals surface area contributed by atoms with Crippen LogP contribution >= 0.6 is 34.5 Å². The molecule has 0 atom stereocenters. The van der Waals surface area contributed by atoms with Crippen LogP contribution < -0.4 is 0 Å². The minimum Gasteiger partial charge on any atom is -0.207 e. The molecule has 2 heterocycles. The van der Waals surface area contributed by atoms with Gasteiger partial charge in [-0.1, -0.05) is 29.8 Å². The molecular formula is C16H12Cl2F2N2S.